The molecule has 0 saturated heterocycles. The van der Waals surface area contributed by atoms with Crippen LogP contribution in [0.25, 0.3) is 0 Å². The van der Waals surface area contributed by atoms with Crippen molar-refractivity contribution in [3.63, 3.8) is 0 Å². The third-order valence-corrected chi connectivity index (χ3v) is 2.68. The van der Waals surface area contributed by atoms with Crippen molar-refractivity contribution in [3.8, 4) is 0 Å². The number of benzene rings is 1. The summed E-state index contributed by atoms with van der Waals surface area (Å²) in [7, 11) is 3.28. The van der Waals surface area contributed by atoms with E-state index < -0.39 is 0 Å². The van der Waals surface area contributed by atoms with Gasteiger partial charge in [0.2, 0.25) is 0 Å². The number of halogens is 3. The molecule has 0 aromatic heterocycles. The normalized spacial score (nSPS) is 10.1. The maximum absolute atomic E-state index is 11.6. The minimum Gasteiger partial charge on any atom is -0.345 e. The summed E-state index contributed by atoms with van der Waals surface area (Å²) in [5, 5.41) is 0.964. The fourth-order valence-corrected chi connectivity index (χ4v) is 1.56. The fourth-order valence-electron chi connectivity index (χ4n) is 0.927. The van der Waals surface area contributed by atoms with Gasteiger partial charge < -0.3 is 4.90 Å². The van der Waals surface area contributed by atoms with Crippen molar-refractivity contribution in [1.82, 2.24) is 4.90 Å². The Balaban J connectivity index is 3.22. The lowest BCUT2D eigenvalue weighted by Gasteiger charge is -2.12. The molecule has 1 aromatic carbocycles. The number of hydrogen-bond acceptors (Lipinski definition) is 1. The highest BCUT2D eigenvalue weighted by atomic mass is 35.5. The number of carbonyl (C=O) groups is 1. The summed E-state index contributed by atoms with van der Waals surface area (Å²) in [5.74, 6) is -0.200. The molecule has 14 heavy (non-hydrogen) atoms. The Labute approximate surface area is 97.4 Å². The molecule has 0 unspecified atom stereocenters. The quantitative estimate of drug-likeness (QED) is 0.702. The van der Waals surface area contributed by atoms with Gasteiger partial charge in [0.25, 0.3) is 5.91 Å². The Morgan fingerprint density at radius 1 is 1.07 bits per heavy atom. The molecule has 1 aromatic rings. The van der Waals surface area contributed by atoms with E-state index in [4.69, 9.17) is 34.8 Å². The van der Waals surface area contributed by atoms with Crippen molar-refractivity contribution in [2.75, 3.05) is 14.1 Å². The average molecular weight is 253 g/mol. The van der Waals surface area contributed by atoms with Gasteiger partial charge in [-0.2, -0.15) is 0 Å². The first-order valence-corrected chi connectivity index (χ1v) is 4.93. The van der Waals surface area contributed by atoms with Gasteiger partial charge in [-0.05, 0) is 12.1 Å². The molecule has 0 atom stereocenters. The molecule has 0 aliphatic carbocycles. The summed E-state index contributed by atoms with van der Waals surface area (Å²) in [6, 6.07) is 2.93. The van der Waals surface area contributed by atoms with Crippen LogP contribution >= 0.6 is 34.8 Å². The van der Waals surface area contributed by atoms with Gasteiger partial charge >= 0.3 is 0 Å². The van der Waals surface area contributed by atoms with Gasteiger partial charge in [0.05, 0.1) is 20.6 Å². The zero-order chi connectivity index (χ0) is 10.9. The first-order chi connectivity index (χ1) is 6.43. The van der Waals surface area contributed by atoms with E-state index in [1.54, 1.807) is 14.1 Å². The van der Waals surface area contributed by atoms with Crippen molar-refractivity contribution in [3.05, 3.63) is 32.8 Å². The van der Waals surface area contributed by atoms with Crippen LogP contribution in [0.1, 0.15) is 10.4 Å². The lowest BCUT2D eigenvalue weighted by atomic mass is 10.2. The Morgan fingerprint density at radius 3 is 2.07 bits per heavy atom. The first-order valence-electron chi connectivity index (χ1n) is 3.79. The van der Waals surface area contributed by atoms with E-state index in [0.29, 0.717) is 20.6 Å². The van der Waals surface area contributed by atoms with Gasteiger partial charge in [-0.15, -0.1) is 0 Å². The predicted molar refractivity (Wildman–Crippen MR) is 59.5 cm³/mol. The number of rotatable bonds is 1. The fraction of sp³-hybridized carbons (Fsp3) is 0.222. The van der Waals surface area contributed by atoms with Gasteiger partial charge in [-0.1, -0.05) is 34.8 Å². The van der Waals surface area contributed by atoms with Crippen LogP contribution in [0.2, 0.25) is 15.1 Å². The zero-order valence-electron chi connectivity index (χ0n) is 7.64. The van der Waals surface area contributed by atoms with Crippen molar-refractivity contribution < 1.29 is 4.79 Å². The lowest BCUT2D eigenvalue weighted by molar-refractivity contribution is 0.0828. The lowest BCUT2D eigenvalue weighted by Crippen LogP contribution is -2.21. The molecule has 1 rings (SSSR count). The predicted octanol–water partition coefficient (Wildman–Crippen LogP) is 3.35. The summed E-state index contributed by atoms with van der Waals surface area (Å²) >= 11 is 17.4. The van der Waals surface area contributed by atoms with Gasteiger partial charge in [0, 0.05) is 14.1 Å². The molecule has 0 N–H and O–H groups in total. The third-order valence-electron chi connectivity index (χ3n) is 1.65. The third kappa shape index (κ3) is 2.32. The van der Waals surface area contributed by atoms with E-state index in [9.17, 15) is 4.79 Å². The SMILES string of the molecule is CN(C)C(=O)c1cc(Cl)c(Cl)cc1Cl. The molecule has 0 bridgehead atoms. The number of carbonyl (C=O) groups excluding carboxylic acids is 1. The summed E-state index contributed by atoms with van der Waals surface area (Å²) in [6.45, 7) is 0. The minimum atomic E-state index is -0.200. The maximum Gasteiger partial charge on any atom is 0.254 e. The number of nitrogens with zero attached hydrogens (tertiary/aromatic N) is 1. The van der Waals surface area contributed by atoms with E-state index in [1.165, 1.54) is 17.0 Å². The molecule has 0 fully saturated rings. The van der Waals surface area contributed by atoms with Gasteiger partial charge in [0.1, 0.15) is 0 Å². The monoisotopic (exact) mass is 251 g/mol. The molecule has 0 radical (unpaired) electrons. The average Bonchev–Trinajstić information content (AvgIpc) is 2.10. The zero-order valence-corrected chi connectivity index (χ0v) is 9.91. The summed E-state index contributed by atoms with van der Waals surface area (Å²) in [4.78, 5) is 13.0. The summed E-state index contributed by atoms with van der Waals surface area (Å²) < 4.78 is 0. The first kappa shape index (κ1) is 11.6. The van der Waals surface area contributed by atoms with Crippen molar-refractivity contribution in [2.45, 2.75) is 0 Å². The smallest absolute Gasteiger partial charge is 0.254 e. The van der Waals surface area contributed by atoms with E-state index in [0.717, 1.165) is 0 Å². The standard InChI is InChI=1S/C9H8Cl3NO/c1-13(2)9(14)5-3-7(11)8(12)4-6(5)10/h3-4H,1-2H3. The molecule has 76 valence electrons. The summed E-state index contributed by atoms with van der Waals surface area (Å²) in [5.41, 5.74) is 0.353. The maximum atomic E-state index is 11.6. The molecular weight excluding hydrogens is 244 g/mol. The van der Waals surface area contributed by atoms with Crippen LogP contribution in [0.5, 0.6) is 0 Å². The molecule has 1 amide bonds. The molecule has 5 heteroatoms. The van der Waals surface area contributed by atoms with Crippen LogP contribution < -0.4 is 0 Å². The second-order valence-corrected chi connectivity index (χ2v) is 4.17. The molecule has 0 aliphatic heterocycles. The van der Waals surface area contributed by atoms with E-state index in [2.05, 4.69) is 0 Å². The second-order valence-electron chi connectivity index (χ2n) is 2.95. The molecule has 0 spiro atoms. The second kappa shape index (κ2) is 4.39. The van der Waals surface area contributed by atoms with E-state index in [1.807, 2.05) is 0 Å². The van der Waals surface area contributed by atoms with Crippen LogP contribution in [0.4, 0.5) is 0 Å². The van der Waals surface area contributed by atoms with Crippen LogP contribution in [-0.4, -0.2) is 24.9 Å². The van der Waals surface area contributed by atoms with Crippen LogP contribution in [0.3, 0.4) is 0 Å². The van der Waals surface area contributed by atoms with Crippen molar-refractivity contribution >= 4 is 40.7 Å². The van der Waals surface area contributed by atoms with E-state index >= 15 is 0 Å². The van der Waals surface area contributed by atoms with Gasteiger partial charge in [-0.3, -0.25) is 4.79 Å². The minimum absolute atomic E-state index is 0.200. The van der Waals surface area contributed by atoms with Crippen molar-refractivity contribution in [1.29, 1.82) is 0 Å². The largest absolute Gasteiger partial charge is 0.345 e. The number of amides is 1. The molecule has 0 aliphatic rings. The van der Waals surface area contributed by atoms with Crippen molar-refractivity contribution in [2.24, 2.45) is 0 Å². The van der Waals surface area contributed by atoms with E-state index in [-0.39, 0.29) is 5.91 Å². The molecule has 0 saturated carbocycles. The molecule has 2 nitrogen and oxygen atoms in total. The molecular formula is C9H8Cl3NO. The Hall–Kier alpha value is -0.440. The van der Waals surface area contributed by atoms with Crippen LogP contribution in [-0.2, 0) is 0 Å². The number of hydrogen-bond donors (Lipinski definition) is 0. The Morgan fingerprint density at radius 2 is 1.57 bits per heavy atom. The molecule has 0 heterocycles. The highest BCUT2D eigenvalue weighted by Gasteiger charge is 2.14. The van der Waals surface area contributed by atoms with Crippen LogP contribution in [0.15, 0.2) is 12.1 Å². The Kier molecular flexibility index (Phi) is 3.65. The Bertz CT molecular complexity index is 377. The summed E-state index contributed by atoms with van der Waals surface area (Å²) in [6.07, 6.45) is 0. The van der Waals surface area contributed by atoms with Crippen LogP contribution in [0, 0.1) is 0 Å². The highest BCUT2D eigenvalue weighted by Crippen LogP contribution is 2.29. The van der Waals surface area contributed by atoms with Gasteiger partial charge in [0.15, 0.2) is 0 Å². The highest BCUT2D eigenvalue weighted by molar-refractivity contribution is 6.44. The van der Waals surface area contributed by atoms with Gasteiger partial charge in [-0.25, -0.2) is 0 Å². The topological polar surface area (TPSA) is 20.3 Å².